The minimum atomic E-state index is -0.717. The van der Waals surface area contributed by atoms with E-state index in [-0.39, 0.29) is 6.42 Å². The van der Waals surface area contributed by atoms with Crippen molar-refractivity contribution in [2.24, 2.45) is 0 Å². The predicted octanol–water partition coefficient (Wildman–Crippen LogP) is 2.40. The molecule has 5 heteroatoms. The molecule has 0 bridgehead atoms. The summed E-state index contributed by atoms with van der Waals surface area (Å²) in [5.74, 6) is 0.249. The van der Waals surface area contributed by atoms with Crippen LogP contribution >= 0.6 is 11.8 Å². The zero-order chi connectivity index (χ0) is 11.8. The number of hydrogen-bond acceptors (Lipinski definition) is 4. The van der Waals surface area contributed by atoms with Crippen LogP contribution in [-0.4, -0.2) is 21.8 Å². The first-order chi connectivity index (χ1) is 7.70. The van der Waals surface area contributed by atoms with Gasteiger partial charge in [-0.2, -0.15) is 0 Å². The highest BCUT2D eigenvalue weighted by Gasteiger charge is 2.00. The number of aromatic nitrogens is 1. The summed E-state index contributed by atoms with van der Waals surface area (Å²) in [5.41, 5.74) is 6.45. The summed E-state index contributed by atoms with van der Waals surface area (Å²) in [6.07, 6.45) is 6.35. The number of aliphatic carboxylic acids is 1. The zero-order valence-corrected chi connectivity index (χ0v) is 9.87. The summed E-state index contributed by atoms with van der Waals surface area (Å²) >= 11 is 1.69. The van der Waals surface area contributed by atoms with Crippen molar-refractivity contribution in [3.8, 4) is 0 Å². The molecular weight excluding hydrogens is 224 g/mol. The number of nitrogen functional groups attached to an aromatic ring is 1. The van der Waals surface area contributed by atoms with Crippen molar-refractivity contribution in [1.82, 2.24) is 4.98 Å². The first-order valence-electron chi connectivity index (χ1n) is 5.24. The van der Waals surface area contributed by atoms with Gasteiger partial charge in [-0.1, -0.05) is 6.42 Å². The number of rotatable bonds is 7. The van der Waals surface area contributed by atoms with Gasteiger partial charge in [-0.3, -0.25) is 9.78 Å². The van der Waals surface area contributed by atoms with Crippen LogP contribution in [0.1, 0.15) is 25.7 Å². The fourth-order valence-corrected chi connectivity index (χ4v) is 2.21. The van der Waals surface area contributed by atoms with Gasteiger partial charge in [-0.25, -0.2) is 0 Å². The topological polar surface area (TPSA) is 76.2 Å². The summed E-state index contributed by atoms with van der Waals surface area (Å²) in [7, 11) is 0. The van der Waals surface area contributed by atoms with Crippen LogP contribution in [0.3, 0.4) is 0 Å². The number of anilines is 1. The molecule has 0 spiro atoms. The molecule has 0 aliphatic heterocycles. The van der Waals surface area contributed by atoms with E-state index in [0.717, 1.165) is 29.9 Å². The Kier molecular flexibility index (Phi) is 5.71. The van der Waals surface area contributed by atoms with Crippen molar-refractivity contribution in [3.05, 3.63) is 18.5 Å². The summed E-state index contributed by atoms with van der Waals surface area (Å²) in [6, 6.07) is 1.90. The molecule has 1 heterocycles. The molecule has 4 nitrogen and oxygen atoms in total. The molecular formula is C11H16N2O2S. The van der Waals surface area contributed by atoms with Crippen molar-refractivity contribution in [3.63, 3.8) is 0 Å². The van der Waals surface area contributed by atoms with E-state index >= 15 is 0 Å². The highest BCUT2D eigenvalue weighted by Crippen LogP contribution is 2.24. The number of nitrogens with zero attached hydrogens (tertiary/aromatic N) is 1. The molecule has 1 aromatic heterocycles. The largest absolute Gasteiger partial charge is 0.481 e. The molecule has 1 rings (SSSR count). The van der Waals surface area contributed by atoms with Gasteiger partial charge in [0.25, 0.3) is 0 Å². The van der Waals surface area contributed by atoms with Gasteiger partial charge >= 0.3 is 5.97 Å². The van der Waals surface area contributed by atoms with E-state index in [9.17, 15) is 4.79 Å². The zero-order valence-electron chi connectivity index (χ0n) is 9.06. The Labute approximate surface area is 99.3 Å². The van der Waals surface area contributed by atoms with E-state index in [1.165, 1.54) is 0 Å². The minimum Gasteiger partial charge on any atom is -0.481 e. The molecule has 88 valence electrons. The molecule has 0 aliphatic carbocycles. The van der Waals surface area contributed by atoms with Gasteiger partial charge in [0.05, 0.1) is 11.9 Å². The molecule has 0 fully saturated rings. The summed E-state index contributed by atoms with van der Waals surface area (Å²) in [5, 5.41) is 8.46. The smallest absolute Gasteiger partial charge is 0.303 e. The molecule has 0 amide bonds. The van der Waals surface area contributed by atoms with Crippen LogP contribution in [-0.2, 0) is 4.79 Å². The maximum atomic E-state index is 10.3. The Morgan fingerprint density at radius 2 is 2.25 bits per heavy atom. The van der Waals surface area contributed by atoms with Crippen LogP contribution in [0.15, 0.2) is 23.4 Å². The fraction of sp³-hybridized carbons (Fsp3) is 0.455. The fourth-order valence-electron chi connectivity index (χ4n) is 1.26. The van der Waals surface area contributed by atoms with Gasteiger partial charge in [-0.15, -0.1) is 11.8 Å². The van der Waals surface area contributed by atoms with Crippen LogP contribution in [0.5, 0.6) is 0 Å². The summed E-state index contributed by atoms with van der Waals surface area (Å²) in [6.45, 7) is 0. The molecule has 1 aromatic rings. The van der Waals surface area contributed by atoms with Gasteiger partial charge < -0.3 is 10.8 Å². The lowest BCUT2D eigenvalue weighted by Crippen LogP contribution is -1.94. The lowest BCUT2D eigenvalue weighted by Gasteiger charge is -2.03. The lowest BCUT2D eigenvalue weighted by molar-refractivity contribution is -0.137. The Balaban J connectivity index is 2.12. The summed E-state index contributed by atoms with van der Waals surface area (Å²) < 4.78 is 0. The first kappa shape index (κ1) is 12.8. The third-order valence-electron chi connectivity index (χ3n) is 2.10. The van der Waals surface area contributed by atoms with Crippen LogP contribution in [0.4, 0.5) is 5.69 Å². The van der Waals surface area contributed by atoms with Gasteiger partial charge in [0.1, 0.15) is 0 Å². The molecule has 0 atom stereocenters. The first-order valence-corrected chi connectivity index (χ1v) is 6.23. The van der Waals surface area contributed by atoms with E-state index < -0.39 is 5.97 Å². The lowest BCUT2D eigenvalue weighted by atomic mass is 10.2. The number of nitrogens with two attached hydrogens (primary N) is 1. The second-order valence-electron chi connectivity index (χ2n) is 3.47. The van der Waals surface area contributed by atoms with Crippen molar-refractivity contribution in [2.45, 2.75) is 30.6 Å². The monoisotopic (exact) mass is 240 g/mol. The number of carboxylic acids is 1. The number of hydrogen-bond donors (Lipinski definition) is 2. The molecule has 16 heavy (non-hydrogen) atoms. The van der Waals surface area contributed by atoms with Crippen molar-refractivity contribution < 1.29 is 9.90 Å². The van der Waals surface area contributed by atoms with Crippen LogP contribution in [0.2, 0.25) is 0 Å². The van der Waals surface area contributed by atoms with Crippen molar-refractivity contribution in [1.29, 1.82) is 0 Å². The SMILES string of the molecule is Nc1cnccc1SCCCCCC(=O)O. The van der Waals surface area contributed by atoms with Gasteiger partial charge in [-0.05, 0) is 24.7 Å². The van der Waals surface area contributed by atoms with Crippen molar-refractivity contribution >= 4 is 23.4 Å². The average Bonchev–Trinajstić information content (AvgIpc) is 2.25. The summed E-state index contributed by atoms with van der Waals surface area (Å²) in [4.78, 5) is 15.2. The second kappa shape index (κ2) is 7.11. The molecule has 0 radical (unpaired) electrons. The Morgan fingerprint density at radius 3 is 2.94 bits per heavy atom. The maximum Gasteiger partial charge on any atom is 0.303 e. The Morgan fingerprint density at radius 1 is 1.44 bits per heavy atom. The van der Waals surface area contributed by atoms with Crippen molar-refractivity contribution in [2.75, 3.05) is 11.5 Å². The predicted molar refractivity (Wildman–Crippen MR) is 65.5 cm³/mol. The van der Waals surface area contributed by atoms with E-state index in [4.69, 9.17) is 10.8 Å². The molecule has 0 saturated heterocycles. The molecule has 0 saturated carbocycles. The number of pyridine rings is 1. The van der Waals surface area contributed by atoms with Gasteiger partial charge in [0.15, 0.2) is 0 Å². The normalized spacial score (nSPS) is 10.2. The van der Waals surface area contributed by atoms with E-state index in [0.29, 0.717) is 5.69 Å². The average molecular weight is 240 g/mol. The third kappa shape index (κ3) is 5.02. The van der Waals surface area contributed by atoms with Crippen LogP contribution in [0.25, 0.3) is 0 Å². The second-order valence-corrected chi connectivity index (χ2v) is 4.60. The standard InChI is InChI=1S/C11H16N2O2S/c12-9-8-13-6-5-10(9)16-7-3-1-2-4-11(14)15/h5-6,8H,1-4,7,12H2,(H,14,15). The molecule has 0 aliphatic rings. The maximum absolute atomic E-state index is 10.3. The van der Waals surface area contributed by atoms with E-state index in [2.05, 4.69) is 4.98 Å². The highest BCUT2D eigenvalue weighted by atomic mass is 32.2. The highest BCUT2D eigenvalue weighted by molar-refractivity contribution is 7.99. The van der Waals surface area contributed by atoms with E-state index in [1.807, 2.05) is 6.07 Å². The van der Waals surface area contributed by atoms with Gasteiger partial charge in [0.2, 0.25) is 0 Å². The number of thioether (sulfide) groups is 1. The molecule has 3 N–H and O–H groups in total. The number of unbranched alkanes of at least 4 members (excludes halogenated alkanes) is 2. The van der Waals surface area contributed by atoms with E-state index in [1.54, 1.807) is 24.2 Å². The molecule has 0 unspecified atom stereocenters. The Hall–Kier alpha value is -1.23. The minimum absolute atomic E-state index is 0.266. The number of carboxylic acid groups (broad SMARTS) is 1. The van der Waals surface area contributed by atoms with Gasteiger partial charge in [0, 0.05) is 17.5 Å². The third-order valence-corrected chi connectivity index (χ3v) is 3.28. The quantitative estimate of drug-likeness (QED) is 0.565. The van der Waals surface area contributed by atoms with Crippen LogP contribution in [0, 0.1) is 0 Å². The number of carbonyl (C=O) groups is 1. The Bertz CT molecular complexity index is 345. The molecule has 0 aromatic carbocycles. The van der Waals surface area contributed by atoms with Crippen LogP contribution < -0.4 is 5.73 Å².